The van der Waals surface area contributed by atoms with Gasteiger partial charge in [0, 0.05) is 5.92 Å². The second-order valence-corrected chi connectivity index (χ2v) is 6.19. The van der Waals surface area contributed by atoms with Gasteiger partial charge in [-0.2, -0.15) is 0 Å². The van der Waals surface area contributed by atoms with Gasteiger partial charge < -0.3 is 0 Å². The predicted molar refractivity (Wildman–Crippen MR) is 79.3 cm³/mol. The Balaban J connectivity index is 1.61. The maximum absolute atomic E-state index is 12.4. The van der Waals surface area contributed by atoms with Crippen molar-refractivity contribution >= 4 is 16.8 Å². The summed E-state index contributed by atoms with van der Waals surface area (Å²) in [5.41, 5.74) is 3.15. The van der Waals surface area contributed by atoms with Crippen molar-refractivity contribution in [3.8, 4) is 0 Å². The summed E-state index contributed by atoms with van der Waals surface area (Å²) in [6.45, 7) is 0. The molecule has 5 heteroatoms. The number of nitrogens with one attached hydrogen (secondary N) is 1. The van der Waals surface area contributed by atoms with Crippen molar-refractivity contribution in [2.75, 3.05) is 5.43 Å². The van der Waals surface area contributed by atoms with E-state index in [1.165, 1.54) is 23.8 Å². The van der Waals surface area contributed by atoms with Gasteiger partial charge in [0.25, 0.3) is 5.56 Å². The molecule has 2 fully saturated rings. The van der Waals surface area contributed by atoms with Crippen molar-refractivity contribution in [3.63, 3.8) is 0 Å². The summed E-state index contributed by atoms with van der Waals surface area (Å²) in [7, 11) is 0. The zero-order valence-electron chi connectivity index (χ0n) is 11.7. The largest absolute Gasteiger partial charge is 0.280 e. The number of rotatable bonds is 2. The number of carbonyl (C=O) groups excluding carboxylic acids is 1. The van der Waals surface area contributed by atoms with E-state index >= 15 is 0 Å². The molecule has 0 aliphatic heterocycles. The molecule has 3 atom stereocenters. The zero-order chi connectivity index (χ0) is 14.4. The first-order valence-corrected chi connectivity index (χ1v) is 7.49. The summed E-state index contributed by atoms with van der Waals surface area (Å²) in [6.07, 6.45) is 5.94. The van der Waals surface area contributed by atoms with Crippen LogP contribution in [0.4, 0.5) is 0 Å². The monoisotopic (exact) mass is 283 g/mol. The Labute approximate surface area is 122 Å². The Morgan fingerprint density at radius 3 is 2.86 bits per heavy atom. The summed E-state index contributed by atoms with van der Waals surface area (Å²) in [4.78, 5) is 29.0. The highest BCUT2D eigenvalue weighted by atomic mass is 16.2. The number of benzene rings is 1. The predicted octanol–water partition coefficient (Wildman–Crippen LogP) is 1.90. The van der Waals surface area contributed by atoms with Crippen molar-refractivity contribution < 1.29 is 4.79 Å². The molecule has 2 aliphatic carbocycles. The highest BCUT2D eigenvalue weighted by Crippen LogP contribution is 2.48. The van der Waals surface area contributed by atoms with Crippen molar-refractivity contribution in [1.29, 1.82) is 0 Å². The Hall–Kier alpha value is -2.17. The fourth-order valence-corrected chi connectivity index (χ4v) is 3.92. The van der Waals surface area contributed by atoms with Gasteiger partial charge in [0.15, 0.2) is 0 Å². The van der Waals surface area contributed by atoms with Gasteiger partial charge >= 0.3 is 0 Å². The lowest BCUT2D eigenvalue weighted by molar-refractivity contribution is -0.122. The van der Waals surface area contributed by atoms with Crippen LogP contribution in [0.1, 0.15) is 25.7 Å². The van der Waals surface area contributed by atoms with Crippen LogP contribution < -0.4 is 11.0 Å². The standard InChI is InChI=1S/C16H17N3O2/c20-15(13-8-10-5-6-11(13)7-10)18-19-9-17-14-4-2-1-3-12(14)16(19)21/h1-4,9-11,13H,5-8H2,(H,18,20). The summed E-state index contributed by atoms with van der Waals surface area (Å²) in [5.74, 6) is 1.22. The third kappa shape index (κ3) is 2.04. The number of amides is 1. The van der Waals surface area contributed by atoms with Crippen LogP contribution in [0.15, 0.2) is 35.4 Å². The van der Waals surface area contributed by atoms with E-state index in [2.05, 4.69) is 10.4 Å². The molecule has 0 spiro atoms. The molecule has 1 aromatic heterocycles. The molecule has 5 nitrogen and oxygen atoms in total. The van der Waals surface area contributed by atoms with E-state index in [1.807, 2.05) is 6.07 Å². The minimum absolute atomic E-state index is 0.0404. The molecule has 4 rings (SSSR count). The Morgan fingerprint density at radius 1 is 1.24 bits per heavy atom. The number of hydrogen-bond acceptors (Lipinski definition) is 3. The number of fused-ring (bicyclic) bond motifs is 3. The van der Waals surface area contributed by atoms with Crippen molar-refractivity contribution in [1.82, 2.24) is 9.66 Å². The summed E-state index contributed by atoms with van der Waals surface area (Å²) in [5, 5.41) is 0.522. The van der Waals surface area contributed by atoms with Gasteiger partial charge in [-0.3, -0.25) is 15.0 Å². The van der Waals surface area contributed by atoms with E-state index in [0.29, 0.717) is 22.7 Å². The third-order valence-electron chi connectivity index (χ3n) is 4.97. The number of carbonyl (C=O) groups is 1. The van der Waals surface area contributed by atoms with E-state index in [1.54, 1.807) is 18.2 Å². The Bertz CT molecular complexity index is 767. The average molecular weight is 283 g/mol. The van der Waals surface area contributed by atoms with Crippen molar-refractivity contribution in [2.45, 2.75) is 25.7 Å². The minimum atomic E-state index is -0.225. The number of hydrogen-bond donors (Lipinski definition) is 1. The molecular formula is C16H17N3O2. The first-order valence-electron chi connectivity index (χ1n) is 7.49. The molecule has 2 aliphatic rings. The second-order valence-electron chi connectivity index (χ2n) is 6.19. The molecule has 21 heavy (non-hydrogen) atoms. The molecule has 2 aromatic rings. The number of para-hydroxylation sites is 1. The van der Waals surface area contributed by atoms with Crippen LogP contribution in [-0.2, 0) is 4.79 Å². The molecule has 0 radical (unpaired) electrons. The van der Waals surface area contributed by atoms with Gasteiger partial charge in [-0.15, -0.1) is 0 Å². The van der Waals surface area contributed by atoms with Gasteiger partial charge in [-0.05, 0) is 43.2 Å². The summed E-state index contributed by atoms with van der Waals surface area (Å²) in [6, 6.07) is 7.16. The highest BCUT2D eigenvalue weighted by molar-refractivity contribution is 5.87. The van der Waals surface area contributed by atoms with Crippen LogP contribution in [0.5, 0.6) is 0 Å². The molecular weight excluding hydrogens is 266 g/mol. The Morgan fingerprint density at radius 2 is 2.10 bits per heavy atom. The minimum Gasteiger partial charge on any atom is -0.273 e. The SMILES string of the molecule is O=C(Nn1cnc2ccccc2c1=O)C1CC2CCC1C2. The number of nitrogens with zero attached hydrogens (tertiary/aromatic N) is 2. The maximum Gasteiger partial charge on any atom is 0.280 e. The molecule has 3 unspecified atom stereocenters. The van der Waals surface area contributed by atoms with E-state index in [9.17, 15) is 9.59 Å². The molecule has 0 saturated heterocycles. The van der Waals surface area contributed by atoms with E-state index in [4.69, 9.17) is 0 Å². The van der Waals surface area contributed by atoms with Crippen LogP contribution in [0, 0.1) is 17.8 Å². The Kier molecular flexibility index (Phi) is 2.80. The lowest BCUT2D eigenvalue weighted by atomic mass is 9.88. The molecule has 1 amide bonds. The van der Waals surface area contributed by atoms with Crippen LogP contribution in [0.3, 0.4) is 0 Å². The lowest BCUT2D eigenvalue weighted by Gasteiger charge is -2.21. The van der Waals surface area contributed by atoms with Gasteiger partial charge in [0.1, 0.15) is 6.33 Å². The van der Waals surface area contributed by atoms with Crippen LogP contribution in [0.2, 0.25) is 0 Å². The topological polar surface area (TPSA) is 64.0 Å². The van der Waals surface area contributed by atoms with E-state index in [0.717, 1.165) is 12.8 Å². The second kappa shape index (κ2) is 4.69. The molecule has 1 N–H and O–H groups in total. The quantitative estimate of drug-likeness (QED) is 0.915. The summed E-state index contributed by atoms with van der Waals surface area (Å²) < 4.78 is 1.22. The smallest absolute Gasteiger partial charge is 0.273 e. The van der Waals surface area contributed by atoms with Gasteiger partial charge in [-0.25, -0.2) is 9.66 Å². The molecule has 1 heterocycles. The van der Waals surface area contributed by atoms with E-state index < -0.39 is 0 Å². The fraction of sp³-hybridized carbons (Fsp3) is 0.438. The highest BCUT2D eigenvalue weighted by Gasteiger charge is 2.43. The molecule has 2 bridgehead atoms. The van der Waals surface area contributed by atoms with Crippen LogP contribution in [-0.4, -0.2) is 15.6 Å². The zero-order valence-corrected chi connectivity index (χ0v) is 11.7. The molecule has 2 saturated carbocycles. The van der Waals surface area contributed by atoms with Crippen molar-refractivity contribution in [3.05, 3.63) is 40.9 Å². The van der Waals surface area contributed by atoms with Crippen LogP contribution >= 0.6 is 0 Å². The maximum atomic E-state index is 12.4. The fourth-order valence-electron chi connectivity index (χ4n) is 3.92. The van der Waals surface area contributed by atoms with Crippen LogP contribution in [0.25, 0.3) is 10.9 Å². The molecule has 1 aromatic carbocycles. The first-order chi connectivity index (χ1) is 10.2. The normalized spacial score (nSPS) is 27.1. The van der Waals surface area contributed by atoms with Gasteiger partial charge in [0.05, 0.1) is 10.9 Å². The first kappa shape index (κ1) is 12.6. The third-order valence-corrected chi connectivity index (χ3v) is 4.97. The van der Waals surface area contributed by atoms with Gasteiger partial charge in [-0.1, -0.05) is 18.6 Å². The number of aromatic nitrogens is 2. The molecule has 108 valence electrons. The van der Waals surface area contributed by atoms with Crippen molar-refractivity contribution in [2.24, 2.45) is 17.8 Å². The lowest BCUT2D eigenvalue weighted by Crippen LogP contribution is -2.38. The summed E-state index contributed by atoms with van der Waals surface area (Å²) >= 11 is 0. The van der Waals surface area contributed by atoms with Gasteiger partial charge in [0.2, 0.25) is 5.91 Å². The average Bonchev–Trinajstić information content (AvgIpc) is 3.13. The van der Waals surface area contributed by atoms with E-state index in [-0.39, 0.29) is 17.4 Å².